The Morgan fingerprint density at radius 3 is 2.55 bits per heavy atom. The number of nitrogens with two attached hydrogens (primary N) is 1. The topological polar surface area (TPSA) is 81.7 Å². The van der Waals surface area contributed by atoms with E-state index in [2.05, 4.69) is 60.2 Å². The summed E-state index contributed by atoms with van der Waals surface area (Å²) < 4.78 is 1.84. The van der Waals surface area contributed by atoms with Crippen LogP contribution in [0.15, 0.2) is 36.4 Å². The normalized spacial score (nSPS) is 12.8. The zero-order valence-corrected chi connectivity index (χ0v) is 18.5. The van der Waals surface area contributed by atoms with Crippen LogP contribution in [-0.2, 0) is 18.9 Å². The molecule has 29 heavy (non-hydrogen) atoms. The fourth-order valence-corrected chi connectivity index (χ4v) is 3.37. The van der Waals surface area contributed by atoms with Crippen LogP contribution in [0.25, 0.3) is 11.4 Å². The number of anilines is 2. The summed E-state index contributed by atoms with van der Waals surface area (Å²) >= 11 is 6.26. The number of hydrogen-bond donors (Lipinski definition) is 2. The molecule has 0 spiro atoms. The standard InChI is InChI=1S/C22H29ClN6/c1-14(10-11-15-8-6-7-9-16(15)23)25-20-12-17(26-21(24)27-20)18-13-19(22(2,3)4)28-29(18)5/h6-9,12-14H,10-11H2,1-5H3,(H3,24,25,26,27). The van der Waals surface area contributed by atoms with Crippen molar-refractivity contribution in [1.29, 1.82) is 0 Å². The van der Waals surface area contributed by atoms with E-state index >= 15 is 0 Å². The minimum Gasteiger partial charge on any atom is -0.368 e. The minimum atomic E-state index is -0.0388. The summed E-state index contributed by atoms with van der Waals surface area (Å²) in [6, 6.07) is 12.1. The molecule has 0 aliphatic rings. The molecular weight excluding hydrogens is 384 g/mol. The molecule has 1 atom stereocenters. The molecule has 0 aliphatic heterocycles. The third-order valence-corrected chi connectivity index (χ3v) is 5.22. The molecular formula is C22H29ClN6. The maximum atomic E-state index is 6.26. The lowest BCUT2D eigenvalue weighted by molar-refractivity contribution is 0.553. The van der Waals surface area contributed by atoms with Gasteiger partial charge in [0.15, 0.2) is 0 Å². The number of nitrogen functional groups attached to an aromatic ring is 1. The molecule has 0 saturated carbocycles. The van der Waals surface area contributed by atoms with E-state index in [9.17, 15) is 0 Å². The Morgan fingerprint density at radius 1 is 1.17 bits per heavy atom. The molecule has 154 valence electrons. The Morgan fingerprint density at radius 2 is 1.90 bits per heavy atom. The van der Waals surface area contributed by atoms with Crippen molar-refractivity contribution in [2.75, 3.05) is 11.1 Å². The molecule has 3 N–H and O–H groups in total. The van der Waals surface area contributed by atoms with Crippen LogP contribution >= 0.6 is 11.6 Å². The summed E-state index contributed by atoms with van der Waals surface area (Å²) in [6.45, 7) is 8.54. The van der Waals surface area contributed by atoms with Crippen LogP contribution < -0.4 is 11.1 Å². The van der Waals surface area contributed by atoms with Gasteiger partial charge in [-0.2, -0.15) is 10.1 Å². The lowest BCUT2D eigenvalue weighted by Crippen LogP contribution is -2.18. The highest BCUT2D eigenvalue weighted by Crippen LogP contribution is 2.27. The average Bonchev–Trinajstić information content (AvgIpc) is 3.03. The van der Waals surface area contributed by atoms with Gasteiger partial charge in [0, 0.05) is 29.6 Å². The molecule has 2 heterocycles. The molecule has 3 aromatic rings. The largest absolute Gasteiger partial charge is 0.368 e. The molecule has 0 radical (unpaired) electrons. The Bertz CT molecular complexity index is 989. The molecule has 2 aromatic heterocycles. The summed E-state index contributed by atoms with van der Waals surface area (Å²) in [5.74, 6) is 0.944. The summed E-state index contributed by atoms with van der Waals surface area (Å²) in [6.07, 6.45) is 1.81. The highest BCUT2D eigenvalue weighted by Gasteiger charge is 2.20. The SMILES string of the molecule is CC(CCc1ccccc1Cl)Nc1cc(-c2cc(C(C)(C)C)nn2C)nc(N)n1. The van der Waals surface area contributed by atoms with Crippen molar-refractivity contribution in [2.24, 2.45) is 7.05 Å². The van der Waals surface area contributed by atoms with Gasteiger partial charge in [-0.3, -0.25) is 4.68 Å². The molecule has 3 rings (SSSR count). The number of nitrogens with one attached hydrogen (secondary N) is 1. The van der Waals surface area contributed by atoms with Crippen LogP contribution in [0.2, 0.25) is 5.02 Å². The second-order valence-electron chi connectivity index (χ2n) is 8.46. The monoisotopic (exact) mass is 412 g/mol. The number of benzene rings is 1. The minimum absolute atomic E-state index is 0.0388. The zero-order valence-electron chi connectivity index (χ0n) is 17.7. The second kappa shape index (κ2) is 8.41. The number of hydrogen-bond acceptors (Lipinski definition) is 5. The van der Waals surface area contributed by atoms with Crippen LogP contribution in [0.4, 0.5) is 11.8 Å². The van der Waals surface area contributed by atoms with Gasteiger partial charge in [-0.15, -0.1) is 0 Å². The van der Waals surface area contributed by atoms with Crippen LogP contribution in [0.1, 0.15) is 45.4 Å². The smallest absolute Gasteiger partial charge is 0.222 e. The van der Waals surface area contributed by atoms with Gasteiger partial charge in [0.1, 0.15) is 5.82 Å². The predicted molar refractivity (Wildman–Crippen MR) is 120 cm³/mol. The van der Waals surface area contributed by atoms with Crippen LogP contribution in [0.3, 0.4) is 0 Å². The molecule has 0 bridgehead atoms. The maximum absolute atomic E-state index is 6.26. The molecule has 6 nitrogen and oxygen atoms in total. The van der Waals surface area contributed by atoms with E-state index < -0.39 is 0 Å². The predicted octanol–water partition coefficient (Wildman–Crippen LogP) is 4.84. The first kappa shape index (κ1) is 21.1. The lowest BCUT2D eigenvalue weighted by Gasteiger charge is -2.16. The Hall–Kier alpha value is -2.60. The van der Waals surface area contributed by atoms with Gasteiger partial charge in [0.25, 0.3) is 0 Å². The van der Waals surface area contributed by atoms with Gasteiger partial charge >= 0.3 is 0 Å². The van der Waals surface area contributed by atoms with Crippen LogP contribution in [-0.4, -0.2) is 25.8 Å². The van der Waals surface area contributed by atoms with E-state index in [1.807, 2.05) is 36.0 Å². The van der Waals surface area contributed by atoms with Gasteiger partial charge in [-0.1, -0.05) is 50.6 Å². The third-order valence-electron chi connectivity index (χ3n) is 4.85. The Labute approximate surface area is 177 Å². The van der Waals surface area contributed by atoms with E-state index in [4.69, 9.17) is 17.3 Å². The number of halogens is 1. The van der Waals surface area contributed by atoms with Gasteiger partial charge in [-0.05, 0) is 37.5 Å². The summed E-state index contributed by atoms with van der Waals surface area (Å²) in [5.41, 5.74) is 9.78. The summed E-state index contributed by atoms with van der Waals surface area (Å²) in [7, 11) is 1.92. The van der Waals surface area contributed by atoms with Crippen molar-refractivity contribution in [3.05, 3.63) is 52.7 Å². The van der Waals surface area contributed by atoms with Crippen molar-refractivity contribution in [1.82, 2.24) is 19.7 Å². The summed E-state index contributed by atoms with van der Waals surface area (Å²) in [5, 5.41) is 8.87. The first-order chi connectivity index (χ1) is 13.6. The van der Waals surface area contributed by atoms with Crippen LogP contribution in [0.5, 0.6) is 0 Å². The molecule has 7 heteroatoms. The van der Waals surface area contributed by atoms with Crippen molar-refractivity contribution in [3.8, 4) is 11.4 Å². The van der Waals surface area contributed by atoms with Crippen molar-refractivity contribution >= 4 is 23.4 Å². The fourth-order valence-electron chi connectivity index (χ4n) is 3.14. The van der Waals surface area contributed by atoms with Crippen molar-refractivity contribution < 1.29 is 0 Å². The van der Waals surface area contributed by atoms with Crippen LogP contribution in [0, 0.1) is 0 Å². The van der Waals surface area contributed by atoms with Crippen molar-refractivity contribution in [3.63, 3.8) is 0 Å². The Kier molecular flexibility index (Phi) is 6.13. The third kappa shape index (κ3) is 5.26. The molecule has 0 amide bonds. The fraction of sp³-hybridized carbons (Fsp3) is 0.409. The first-order valence-corrected chi connectivity index (χ1v) is 10.2. The molecule has 1 aromatic carbocycles. The maximum Gasteiger partial charge on any atom is 0.222 e. The molecule has 1 unspecified atom stereocenters. The van der Waals surface area contributed by atoms with E-state index in [-0.39, 0.29) is 17.4 Å². The lowest BCUT2D eigenvalue weighted by atomic mass is 9.92. The zero-order chi connectivity index (χ0) is 21.2. The average molecular weight is 413 g/mol. The molecule has 0 saturated heterocycles. The highest BCUT2D eigenvalue weighted by molar-refractivity contribution is 6.31. The number of rotatable bonds is 6. The van der Waals surface area contributed by atoms with Gasteiger partial charge < -0.3 is 11.1 Å². The quantitative estimate of drug-likeness (QED) is 0.605. The molecule has 0 aliphatic carbocycles. The Balaban J connectivity index is 1.76. The van der Waals surface area contributed by atoms with E-state index in [1.165, 1.54) is 0 Å². The van der Waals surface area contributed by atoms with E-state index in [1.54, 1.807) is 0 Å². The summed E-state index contributed by atoms with van der Waals surface area (Å²) in [4.78, 5) is 8.78. The van der Waals surface area contributed by atoms with E-state index in [0.717, 1.165) is 40.5 Å². The molecule has 0 fully saturated rings. The number of aryl methyl sites for hydroxylation is 2. The van der Waals surface area contributed by atoms with Crippen molar-refractivity contribution in [2.45, 2.75) is 52.0 Å². The number of nitrogens with zero attached hydrogens (tertiary/aromatic N) is 4. The van der Waals surface area contributed by atoms with Gasteiger partial charge in [0.05, 0.1) is 17.1 Å². The van der Waals surface area contributed by atoms with Gasteiger partial charge in [0.2, 0.25) is 5.95 Å². The van der Waals surface area contributed by atoms with Gasteiger partial charge in [-0.25, -0.2) is 4.98 Å². The first-order valence-electron chi connectivity index (χ1n) is 9.83. The van der Waals surface area contributed by atoms with E-state index in [0.29, 0.717) is 5.82 Å². The highest BCUT2D eigenvalue weighted by atomic mass is 35.5. The second-order valence-corrected chi connectivity index (χ2v) is 8.87. The number of aromatic nitrogens is 4.